The first-order chi connectivity index (χ1) is 11.0. The third kappa shape index (κ3) is 4.99. The predicted molar refractivity (Wildman–Crippen MR) is 79.7 cm³/mol. The Hall–Kier alpha value is -2.02. The zero-order chi connectivity index (χ0) is 16.8. The van der Waals surface area contributed by atoms with Crippen LogP contribution < -0.4 is 5.32 Å². The van der Waals surface area contributed by atoms with Crippen molar-refractivity contribution in [2.45, 2.75) is 31.8 Å². The lowest BCUT2D eigenvalue weighted by atomic mass is 10.1. The SMILES string of the molecule is O=C(NCCCC(=O)N1CCCC(O)C1)c1ccc(F)cc1F. The summed E-state index contributed by atoms with van der Waals surface area (Å²) in [6.45, 7) is 1.22. The predicted octanol–water partition coefficient (Wildman–Crippen LogP) is 1.46. The topological polar surface area (TPSA) is 69.6 Å². The molecule has 1 unspecified atom stereocenters. The lowest BCUT2D eigenvalue weighted by Gasteiger charge is -2.30. The normalized spacial score (nSPS) is 17.9. The Kier molecular flexibility index (Phi) is 6.04. The number of amides is 2. The molecule has 0 aromatic heterocycles. The minimum atomic E-state index is -0.916. The Bertz CT molecular complexity index is 580. The Morgan fingerprint density at radius 3 is 2.83 bits per heavy atom. The van der Waals surface area contributed by atoms with Gasteiger partial charge >= 0.3 is 0 Å². The van der Waals surface area contributed by atoms with Crippen LogP contribution in [0.1, 0.15) is 36.0 Å². The summed E-state index contributed by atoms with van der Waals surface area (Å²) in [6, 6.07) is 2.75. The molecule has 7 heteroatoms. The van der Waals surface area contributed by atoms with Gasteiger partial charge < -0.3 is 15.3 Å². The maximum absolute atomic E-state index is 13.4. The zero-order valence-corrected chi connectivity index (χ0v) is 12.7. The van der Waals surface area contributed by atoms with Gasteiger partial charge in [0.2, 0.25) is 5.91 Å². The smallest absolute Gasteiger partial charge is 0.254 e. The van der Waals surface area contributed by atoms with Gasteiger partial charge in [-0.3, -0.25) is 9.59 Å². The van der Waals surface area contributed by atoms with Crippen molar-refractivity contribution < 1.29 is 23.5 Å². The number of likely N-dealkylation sites (tertiary alicyclic amines) is 1. The zero-order valence-electron chi connectivity index (χ0n) is 12.7. The van der Waals surface area contributed by atoms with Crippen LogP contribution >= 0.6 is 0 Å². The second kappa shape index (κ2) is 8.01. The molecule has 0 radical (unpaired) electrons. The molecule has 1 fully saturated rings. The monoisotopic (exact) mass is 326 g/mol. The summed E-state index contributed by atoms with van der Waals surface area (Å²) < 4.78 is 26.2. The number of carbonyl (C=O) groups is 2. The molecule has 1 aliphatic rings. The second-order valence-electron chi connectivity index (χ2n) is 5.62. The van der Waals surface area contributed by atoms with Crippen LogP contribution in [0.5, 0.6) is 0 Å². The molecule has 1 aromatic rings. The number of rotatable bonds is 5. The molecule has 0 aliphatic carbocycles. The number of carbonyl (C=O) groups excluding carboxylic acids is 2. The highest BCUT2D eigenvalue weighted by Gasteiger charge is 2.21. The number of nitrogens with zero attached hydrogens (tertiary/aromatic N) is 1. The van der Waals surface area contributed by atoms with Crippen molar-refractivity contribution in [3.63, 3.8) is 0 Å². The second-order valence-corrected chi connectivity index (χ2v) is 5.62. The van der Waals surface area contributed by atoms with Crippen molar-refractivity contribution in [1.82, 2.24) is 10.2 Å². The Morgan fingerprint density at radius 2 is 2.13 bits per heavy atom. The minimum absolute atomic E-state index is 0.0639. The van der Waals surface area contributed by atoms with Gasteiger partial charge in [0.25, 0.3) is 5.91 Å². The van der Waals surface area contributed by atoms with E-state index in [1.54, 1.807) is 4.90 Å². The van der Waals surface area contributed by atoms with Crippen molar-refractivity contribution in [3.05, 3.63) is 35.4 Å². The van der Waals surface area contributed by atoms with Crippen LogP contribution in [0.25, 0.3) is 0 Å². The van der Waals surface area contributed by atoms with Crippen molar-refractivity contribution in [2.75, 3.05) is 19.6 Å². The Labute approximate surface area is 133 Å². The van der Waals surface area contributed by atoms with E-state index in [0.717, 1.165) is 18.6 Å². The van der Waals surface area contributed by atoms with Gasteiger partial charge in [0.05, 0.1) is 11.7 Å². The average Bonchev–Trinajstić information content (AvgIpc) is 2.51. The van der Waals surface area contributed by atoms with Crippen molar-refractivity contribution >= 4 is 11.8 Å². The van der Waals surface area contributed by atoms with Gasteiger partial charge in [0.1, 0.15) is 11.6 Å². The van der Waals surface area contributed by atoms with E-state index in [-0.39, 0.29) is 24.4 Å². The van der Waals surface area contributed by atoms with E-state index in [4.69, 9.17) is 0 Å². The van der Waals surface area contributed by atoms with E-state index in [1.165, 1.54) is 0 Å². The Morgan fingerprint density at radius 1 is 1.35 bits per heavy atom. The molecule has 2 N–H and O–H groups in total. The molecule has 1 saturated heterocycles. The molecule has 0 bridgehead atoms. The molecular weight excluding hydrogens is 306 g/mol. The molecule has 1 aromatic carbocycles. The summed E-state index contributed by atoms with van der Waals surface area (Å²) in [5.41, 5.74) is -0.225. The molecule has 1 aliphatic heterocycles. The first kappa shape index (κ1) is 17.3. The number of β-amino-alcohol motifs (C(OH)–C–C–N with tert-alkyl or cyclic N) is 1. The summed E-state index contributed by atoms with van der Waals surface area (Å²) >= 11 is 0. The third-order valence-corrected chi connectivity index (χ3v) is 3.78. The largest absolute Gasteiger partial charge is 0.391 e. The van der Waals surface area contributed by atoms with E-state index in [2.05, 4.69) is 5.32 Å². The molecule has 1 heterocycles. The van der Waals surface area contributed by atoms with Crippen LogP contribution in [0.2, 0.25) is 0 Å². The Balaban J connectivity index is 1.72. The van der Waals surface area contributed by atoms with E-state index in [0.29, 0.717) is 32.0 Å². The van der Waals surface area contributed by atoms with Crippen LogP contribution in [-0.2, 0) is 4.79 Å². The summed E-state index contributed by atoms with van der Waals surface area (Å²) in [5.74, 6) is -2.36. The number of piperidine rings is 1. The molecular formula is C16H20F2N2O3. The van der Waals surface area contributed by atoms with Gasteiger partial charge in [0.15, 0.2) is 0 Å². The lowest BCUT2D eigenvalue weighted by molar-refractivity contribution is -0.134. The molecule has 23 heavy (non-hydrogen) atoms. The van der Waals surface area contributed by atoms with E-state index >= 15 is 0 Å². The number of benzene rings is 1. The number of hydrogen-bond donors (Lipinski definition) is 2. The van der Waals surface area contributed by atoms with Crippen molar-refractivity contribution in [1.29, 1.82) is 0 Å². The van der Waals surface area contributed by atoms with E-state index < -0.39 is 23.6 Å². The summed E-state index contributed by atoms with van der Waals surface area (Å²) in [4.78, 5) is 25.3. The first-order valence-corrected chi connectivity index (χ1v) is 7.66. The molecule has 2 rings (SSSR count). The van der Waals surface area contributed by atoms with Gasteiger partial charge in [-0.2, -0.15) is 0 Å². The van der Waals surface area contributed by atoms with E-state index in [1.807, 2.05) is 0 Å². The quantitative estimate of drug-likeness (QED) is 0.805. The maximum Gasteiger partial charge on any atom is 0.254 e. The van der Waals surface area contributed by atoms with Crippen LogP contribution in [-0.4, -0.2) is 47.6 Å². The minimum Gasteiger partial charge on any atom is -0.391 e. The molecule has 1 atom stereocenters. The number of aliphatic hydroxyl groups is 1. The third-order valence-electron chi connectivity index (χ3n) is 3.78. The van der Waals surface area contributed by atoms with Crippen molar-refractivity contribution in [3.8, 4) is 0 Å². The van der Waals surface area contributed by atoms with Crippen LogP contribution in [0.4, 0.5) is 8.78 Å². The highest BCUT2D eigenvalue weighted by atomic mass is 19.1. The van der Waals surface area contributed by atoms with Gasteiger partial charge in [-0.05, 0) is 31.4 Å². The molecule has 5 nitrogen and oxygen atoms in total. The van der Waals surface area contributed by atoms with Gasteiger partial charge in [0, 0.05) is 32.1 Å². The van der Waals surface area contributed by atoms with Gasteiger partial charge in [-0.25, -0.2) is 8.78 Å². The number of halogens is 2. The highest BCUT2D eigenvalue weighted by Crippen LogP contribution is 2.12. The summed E-state index contributed by atoms with van der Waals surface area (Å²) in [7, 11) is 0. The summed E-state index contributed by atoms with van der Waals surface area (Å²) in [5, 5.41) is 12.0. The molecule has 0 spiro atoms. The number of nitrogens with one attached hydrogen (secondary N) is 1. The van der Waals surface area contributed by atoms with Gasteiger partial charge in [-0.15, -0.1) is 0 Å². The lowest BCUT2D eigenvalue weighted by Crippen LogP contribution is -2.42. The molecule has 126 valence electrons. The fraction of sp³-hybridized carbons (Fsp3) is 0.500. The standard InChI is InChI=1S/C16H20F2N2O3/c17-11-5-6-13(14(18)9-11)16(23)19-7-1-4-15(22)20-8-2-3-12(21)10-20/h5-6,9,12,21H,1-4,7-8,10H2,(H,19,23). The highest BCUT2D eigenvalue weighted by molar-refractivity contribution is 5.94. The fourth-order valence-electron chi connectivity index (χ4n) is 2.55. The number of aliphatic hydroxyl groups excluding tert-OH is 1. The van der Waals surface area contributed by atoms with E-state index in [9.17, 15) is 23.5 Å². The first-order valence-electron chi connectivity index (χ1n) is 7.66. The van der Waals surface area contributed by atoms with Crippen LogP contribution in [0, 0.1) is 11.6 Å². The van der Waals surface area contributed by atoms with Gasteiger partial charge in [-0.1, -0.05) is 0 Å². The van der Waals surface area contributed by atoms with Crippen LogP contribution in [0.3, 0.4) is 0 Å². The molecule has 2 amide bonds. The maximum atomic E-state index is 13.4. The average molecular weight is 326 g/mol. The van der Waals surface area contributed by atoms with Crippen molar-refractivity contribution in [2.24, 2.45) is 0 Å². The van der Waals surface area contributed by atoms with Crippen LogP contribution in [0.15, 0.2) is 18.2 Å². The number of hydrogen-bond acceptors (Lipinski definition) is 3. The summed E-state index contributed by atoms with van der Waals surface area (Å²) in [6.07, 6.45) is 1.70. The fourth-order valence-corrected chi connectivity index (χ4v) is 2.55. The molecule has 0 saturated carbocycles.